The van der Waals surface area contributed by atoms with E-state index in [0.29, 0.717) is 28.0 Å². The van der Waals surface area contributed by atoms with E-state index in [9.17, 15) is 14.4 Å². The predicted molar refractivity (Wildman–Crippen MR) is 102 cm³/mol. The van der Waals surface area contributed by atoms with Gasteiger partial charge in [0.25, 0.3) is 5.91 Å². The topological polar surface area (TPSA) is 132 Å². The number of ether oxygens (including phenoxy) is 2. The Kier molecular flexibility index (Phi) is 5.77. The number of methoxy groups -OCH3 is 1. The van der Waals surface area contributed by atoms with Crippen LogP contribution in [0, 0.1) is 0 Å². The van der Waals surface area contributed by atoms with Crippen molar-refractivity contribution in [3.05, 3.63) is 64.7 Å². The van der Waals surface area contributed by atoms with E-state index in [-0.39, 0.29) is 37.2 Å². The van der Waals surface area contributed by atoms with Gasteiger partial charge < -0.3 is 25.3 Å². The summed E-state index contributed by atoms with van der Waals surface area (Å²) in [6.45, 7) is -0.0562. The lowest BCUT2D eigenvalue weighted by Gasteiger charge is -2.14. The van der Waals surface area contributed by atoms with E-state index in [1.807, 2.05) is 0 Å². The summed E-state index contributed by atoms with van der Waals surface area (Å²) in [5.74, 6) is -0.622. The highest BCUT2D eigenvalue weighted by atomic mass is 16.6. The number of ketones is 1. The second-order valence-electron chi connectivity index (χ2n) is 6.33. The summed E-state index contributed by atoms with van der Waals surface area (Å²) in [5.41, 5.74) is 7.68. The van der Waals surface area contributed by atoms with Crippen molar-refractivity contribution >= 4 is 23.5 Å². The minimum absolute atomic E-state index is 0.0516. The number of benzene rings is 2. The molecule has 9 heteroatoms. The summed E-state index contributed by atoms with van der Waals surface area (Å²) in [4.78, 5) is 37.6. The van der Waals surface area contributed by atoms with Crippen LogP contribution in [0.1, 0.15) is 31.8 Å². The highest BCUT2D eigenvalue weighted by molar-refractivity contribution is 6.05. The van der Waals surface area contributed by atoms with E-state index in [4.69, 9.17) is 15.7 Å². The summed E-state index contributed by atoms with van der Waals surface area (Å²) < 4.78 is 9.73. The number of rotatable bonds is 7. The lowest BCUT2D eigenvalue weighted by atomic mass is 10.1. The van der Waals surface area contributed by atoms with Crippen molar-refractivity contribution < 1.29 is 29.1 Å². The number of amides is 1. The van der Waals surface area contributed by atoms with Crippen LogP contribution in [0.15, 0.2) is 47.6 Å². The van der Waals surface area contributed by atoms with Crippen LogP contribution in [0.25, 0.3) is 0 Å². The Morgan fingerprint density at radius 3 is 2.52 bits per heavy atom. The molecule has 2 aromatic rings. The number of carbonyl (C=O) groups excluding carboxylic acids is 3. The number of carbonyl (C=O) groups is 3. The Morgan fingerprint density at radius 2 is 1.86 bits per heavy atom. The number of hydrogen-bond donors (Lipinski definition) is 2. The number of hydrogen-bond acceptors (Lipinski definition) is 7. The molecule has 29 heavy (non-hydrogen) atoms. The zero-order valence-corrected chi connectivity index (χ0v) is 15.6. The molecule has 9 nitrogen and oxygen atoms in total. The molecule has 0 aliphatic carbocycles. The fraction of sp³-hybridized carbons (Fsp3) is 0.200. The van der Waals surface area contributed by atoms with E-state index in [2.05, 4.69) is 9.89 Å². The van der Waals surface area contributed by atoms with Crippen LogP contribution >= 0.6 is 0 Å². The summed E-state index contributed by atoms with van der Waals surface area (Å²) in [5, 5.41) is 11.7. The highest BCUT2D eigenvalue weighted by Crippen LogP contribution is 2.24. The monoisotopic (exact) mass is 397 g/mol. The van der Waals surface area contributed by atoms with Gasteiger partial charge in [0, 0.05) is 23.2 Å². The zero-order chi connectivity index (χ0) is 21.0. The molecule has 1 aliphatic heterocycles. The zero-order valence-electron chi connectivity index (χ0n) is 15.6. The first-order valence-corrected chi connectivity index (χ1v) is 8.66. The fourth-order valence-corrected chi connectivity index (χ4v) is 2.93. The molecule has 1 heterocycles. The standard InChI is InChI=1S/C20H19N3O6/c1-28-18(25)11-29-15-5-2-12(3-6-15)17(24)10-23-9-14-8-13(19(21)22-27)4-7-16(14)20(23)26/h2-8,27H,9-11H2,1H3,(H2,21,22). The normalized spacial score (nSPS) is 13.2. The quantitative estimate of drug-likeness (QED) is 0.179. The molecule has 0 saturated heterocycles. The van der Waals surface area contributed by atoms with E-state index >= 15 is 0 Å². The maximum Gasteiger partial charge on any atom is 0.343 e. The maximum atomic E-state index is 12.6. The van der Waals surface area contributed by atoms with Crippen molar-refractivity contribution in [1.29, 1.82) is 0 Å². The van der Waals surface area contributed by atoms with Gasteiger partial charge in [0.2, 0.25) is 0 Å². The van der Waals surface area contributed by atoms with Gasteiger partial charge in [-0.25, -0.2) is 4.79 Å². The smallest absolute Gasteiger partial charge is 0.343 e. The van der Waals surface area contributed by atoms with Gasteiger partial charge in [-0.2, -0.15) is 0 Å². The van der Waals surface area contributed by atoms with Crippen LogP contribution in [0.3, 0.4) is 0 Å². The average molecular weight is 397 g/mol. The lowest BCUT2D eigenvalue weighted by Crippen LogP contribution is -2.30. The van der Waals surface area contributed by atoms with Crippen molar-refractivity contribution in [2.24, 2.45) is 10.9 Å². The average Bonchev–Trinajstić information content (AvgIpc) is 3.06. The third-order valence-electron chi connectivity index (χ3n) is 4.48. The number of Topliss-reactive ketones (excluding diaryl/α,β-unsaturated/α-hetero) is 1. The van der Waals surface area contributed by atoms with Crippen molar-refractivity contribution in [1.82, 2.24) is 4.90 Å². The number of fused-ring (bicyclic) bond motifs is 1. The maximum absolute atomic E-state index is 12.6. The molecule has 3 N–H and O–H groups in total. The van der Waals surface area contributed by atoms with Gasteiger partial charge in [-0.05, 0) is 42.0 Å². The van der Waals surface area contributed by atoms with Crippen LogP contribution in [0.2, 0.25) is 0 Å². The number of nitrogens with zero attached hydrogens (tertiary/aromatic N) is 2. The molecule has 1 aliphatic rings. The van der Waals surface area contributed by atoms with Gasteiger partial charge >= 0.3 is 5.97 Å². The van der Waals surface area contributed by atoms with Gasteiger partial charge in [0.1, 0.15) is 5.75 Å². The first-order chi connectivity index (χ1) is 13.9. The summed E-state index contributed by atoms with van der Waals surface area (Å²) in [7, 11) is 1.27. The molecule has 1 amide bonds. The Morgan fingerprint density at radius 1 is 1.17 bits per heavy atom. The molecule has 0 unspecified atom stereocenters. The molecule has 0 saturated carbocycles. The molecule has 0 fully saturated rings. The van der Waals surface area contributed by atoms with Crippen LogP contribution in [-0.2, 0) is 16.1 Å². The molecule has 0 atom stereocenters. The summed E-state index contributed by atoms with van der Waals surface area (Å²) >= 11 is 0. The van der Waals surface area contributed by atoms with E-state index in [1.165, 1.54) is 12.0 Å². The molecule has 150 valence electrons. The minimum atomic E-state index is -0.507. The van der Waals surface area contributed by atoms with E-state index < -0.39 is 5.97 Å². The Labute approximate surface area is 166 Å². The van der Waals surface area contributed by atoms with Crippen molar-refractivity contribution in [3.63, 3.8) is 0 Å². The third kappa shape index (κ3) is 4.34. The molecule has 0 radical (unpaired) electrons. The number of nitrogens with two attached hydrogens (primary N) is 1. The molecular formula is C20H19N3O6. The largest absolute Gasteiger partial charge is 0.482 e. The molecule has 0 bridgehead atoms. The van der Waals surface area contributed by atoms with E-state index in [1.54, 1.807) is 42.5 Å². The molecule has 2 aromatic carbocycles. The van der Waals surface area contributed by atoms with Crippen molar-refractivity contribution in [3.8, 4) is 5.75 Å². The summed E-state index contributed by atoms with van der Waals surface area (Å²) in [6.07, 6.45) is 0. The van der Waals surface area contributed by atoms with Gasteiger partial charge in [0.15, 0.2) is 18.2 Å². The number of oxime groups is 1. The van der Waals surface area contributed by atoms with Crippen molar-refractivity contribution in [2.75, 3.05) is 20.3 Å². The van der Waals surface area contributed by atoms with Gasteiger partial charge in [-0.3, -0.25) is 9.59 Å². The van der Waals surface area contributed by atoms with Crippen molar-refractivity contribution in [2.45, 2.75) is 6.54 Å². The first-order valence-electron chi connectivity index (χ1n) is 8.66. The Balaban J connectivity index is 1.65. The number of esters is 1. The first kappa shape index (κ1) is 19.9. The Bertz CT molecular complexity index is 984. The van der Waals surface area contributed by atoms with Gasteiger partial charge in [-0.1, -0.05) is 11.2 Å². The second-order valence-corrected chi connectivity index (χ2v) is 6.33. The van der Waals surface area contributed by atoms with Crippen LogP contribution in [0.5, 0.6) is 5.75 Å². The van der Waals surface area contributed by atoms with E-state index in [0.717, 1.165) is 0 Å². The van der Waals surface area contributed by atoms with Crippen LogP contribution in [-0.4, -0.2) is 53.9 Å². The highest BCUT2D eigenvalue weighted by Gasteiger charge is 2.29. The third-order valence-corrected chi connectivity index (χ3v) is 4.48. The molecular weight excluding hydrogens is 378 g/mol. The Hall–Kier alpha value is -3.88. The van der Waals surface area contributed by atoms with Gasteiger partial charge in [-0.15, -0.1) is 0 Å². The minimum Gasteiger partial charge on any atom is -0.482 e. The molecule has 3 rings (SSSR count). The molecule has 0 spiro atoms. The van der Waals surface area contributed by atoms with Crippen LogP contribution < -0.4 is 10.5 Å². The summed E-state index contributed by atoms with van der Waals surface area (Å²) in [6, 6.07) is 11.1. The SMILES string of the molecule is COC(=O)COc1ccc(C(=O)CN2Cc3cc(/C(N)=N/O)ccc3C2=O)cc1. The lowest BCUT2D eigenvalue weighted by molar-refractivity contribution is -0.142. The van der Waals surface area contributed by atoms with Crippen LogP contribution in [0.4, 0.5) is 0 Å². The fourth-order valence-electron chi connectivity index (χ4n) is 2.93. The second kappa shape index (κ2) is 8.42. The molecule has 0 aromatic heterocycles. The van der Waals surface area contributed by atoms with Gasteiger partial charge in [0.05, 0.1) is 13.7 Å². The number of amidine groups is 1. The predicted octanol–water partition coefficient (Wildman–Crippen LogP) is 1.17.